The summed E-state index contributed by atoms with van der Waals surface area (Å²) in [6.07, 6.45) is 3.43. The average molecular weight is 416 g/mol. The van der Waals surface area contributed by atoms with Gasteiger partial charge in [0, 0.05) is 30.9 Å². The molecule has 0 amide bonds. The number of aliphatic hydroxyl groups excluding tert-OH is 1. The lowest BCUT2D eigenvalue weighted by Crippen LogP contribution is -2.47. The van der Waals surface area contributed by atoms with E-state index in [4.69, 9.17) is 21.1 Å². The first-order valence-electron chi connectivity index (χ1n) is 8.92. The maximum Gasteiger partial charge on any atom is 0.0900 e. The van der Waals surface area contributed by atoms with E-state index < -0.39 is 6.10 Å². The molecule has 2 heterocycles. The monoisotopic (exact) mass is 415 g/mol. The van der Waals surface area contributed by atoms with Crippen molar-refractivity contribution in [2.45, 2.75) is 32.3 Å². The summed E-state index contributed by atoms with van der Waals surface area (Å²) >= 11 is 5.87. The van der Waals surface area contributed by atoms with Crippen LogP contribution in [0.15, 0.2) is 36.7 Å². The van der Waals surface area contributed by atoms with E-state index in [1.807, 2.05) is 48.3 Å². The second-order valence-electron chi connectivity index (χ2n) is 6.79. The summed E-state index contributed by atoms with van der Waals surface area (Å²) in [6, 6.07) is 7.54. The average Bonchev–Trinajstić information content (AvgIpc) is 3.02. The Kier molecular flexibility index (Phi) is 9.02. The molecule has 0 spiro atoms. The van der Waals surface area contributed by atoms with Gasteiger partial charge in [0.1, 0.15) is 0 Å². The maximum atomic E-state index is 10.3. The van der Waals surface area contributed by atoms with Gasteiger partial charge in [-0.3, -0.25) is 9.58 Å². The molecule has 27 heavy (non-hydrogen) atoms. The van der Waals surface area contributed by atoms with Crippen molar-refractivity contribution in [1.29, 1.82) is 0 Å². The molecule has 0 saturated carbocycles. The Hall–Kier alpha value is -1.15. The fourth-order valence-electron chi connectivity index (χ4n) is 3.08. The summed E-state index contributed by atoms with van der Waals surface area (Å²) in [6.45, 7) is 6.39. The number of aryl methyl sites for hydroxylation is 1. The second-order valence-corrected chi connectivity index (χ2v) is 7.22. The minimum Gasteiger partial charge on any atom is -0.389 e. The summed E-state index contributed by atoms with van der Waals surface area (Å²) in [5.41, 5.74) is 2.19. The van der Waals surface area contributed by atoms with E-state index >= 15 is 0 Å². The van der Waals surface area contributed by atoms with E-state index in [-0.39, 0.29) is 18.5 Å². The number of ether oxygens (including phenoxy) is 2. The molecule has 2 aromatic rings. The number of β-amino-alcohol motifs (C(OH)–C–C–N with tert-alkyl or cyclic N) is 1. The highest BCUT2D eigenvalue weighted by Crippen LogP contribution is 2.11. The molecule has 1 aliphatic heterocycles. The van der Waals surface area contributed by atoms with Gasteiger partial charge >= 0.3 is 0 Å². The van der Waals surface area contributed by atoms with E-state index in [2.05, 4.69) is 10.00 Å². The van der Waals surface area contributed by atoms with Crippen molar-refractivity contribution >= 4 is 24.0 Å². The second kappa shape index (κ2) is 11.0. The number of hydrogen-bond acceptors (Lipinski definition) is 5. The van der Waals surface area contributed by atoms with Crippen LogP contribution in [0.25, 0.3) is 0 Å². The van der Waals surface area contributed by atoms with E-state index in [1.54, 1.807) is 0 Å². The first-order chi connectivity index (χ1) is 12.6. The quantitative estimate of drug-likeness (QED) is 0.717. The topological polar surface area (TPSA) is 59.8 Å². The Balaban J connectivity index is 0.00000261. The molecule has 1 aromatic heterocycles. The molecule has 2 atom stereocenters. The van der Waals surface area contributed by atoms with Crippen molar-refractivity contribution in [3.63, 3.8) is 0 Å². The molecular formula is C19H27Cl2N3O3. The number of rotatable bonds is 8. The molecule has 1 saturated heterocycles. The number of aromatic nitrogens is 2. The van der Waals surface area contributed by atoms with Crippen LogP contribution in [0.2, 0.25) is 5.02 Å². The van der Waals surface area contributed by atoms with E-state index in [9.17, 15) is 5.11 Å². The van der Waals surface area contributed by atoms with Gasteiger partial charge in [-0.1, -0.05) is 23.7 Å². The normalized spacial score (nSPS) is 18.9. The van der Waals surface area contributed by atoms with Gasteiger partial charge < -0.3 is 14.6 Å². The van der Waals surface area contributed by atoms with Crippen LogP contribution in [-0.2, 0) is 22.6 Å². The van der Waals surface area contributed by atoms with Crippen molar-refractivity contribution in [2.24, 2.45) is 0 Å². The van der Waals surface area contributed by atoms with Gasteiger partial charge in [0.25, 0.3) is 0 Å². The minimum absolute atomic E-state index is 0. The molecular weight excluding hydrogens is 389 g/mol. The SMILES string of the molecule is Cc1cnn(CC2CN(CC(O)COCc3ccc(Cl)cc3)CCO2)c1.Cl. The Bertz CT molecular complexity index is 681. The van der Waals surface area contributed by atoms with E-state index in [1.165, 1.54) is 0 Å². The number of aliphatic hydroxyl groups is 1. The molecule has 0 radical (unpaired) electrons. The molecule has 1 aliphatic rings. The van der Waals surface area contributed by atoms with Crippen molar-refractivity contribution in [3.8, 4) is 0 Å². The fraction of sp³-hybridized carbons (Fsp3) is 0.526. The Morgan fingerprint density at radius 1 is 1.37 bits per heavy atom. The summed E-state index contributed by atoms with van der Waals surface area (Å²) < 4.78 is 13.4. The van der Waals surface area contributed by atoms with Crippen molar-refractivity contribution in [3.05, 3.63) is 52.8 Å². The number of nitrogens with zero attached hydrogens (tertiary/aromatic N) is 3. The third-order valence-corrected chi connectivity index (χ3v) is 4.59. The van der Waals surface area contributed by atoms with Crippen molar-refractivity contribution in [1.82, 2.24) is 14.7 Å². The molecule has 2 unspecified atom stereocenters. The van der Waals surface area contributed by atoms with Crippen molar-refractivity contribution in [2.75, 3.05) is 32.8 Å². The van der Waals surface area contributed by atoms with Crippen LogP contribution in [0.1, 0.15) is 11.1 Å². The number of benzene rings is 1. The maximum absolute atomic E-state index is 10.3. The van der Waals surface area contributed by atoms with Crippen LogP contribution < -0.4 is 0 Å². The Morgan fingerprint density at radius 2 is 2.15 bits per heavy atom. The molecule has 0 aliphatic carbocycles. The van der Waals surface area contributed by atoms with Gasteiger partial charge in [0.2, 0.25) is 0 Å². The zero-order valence-corrected chi connectivity index (χ0v) is 17.0. The minimum atomic E-state index is -0.520. The smallest absolute Gasteiger partial charge is 0.0900 e. The van der Waals surface area contributed by atoms with Gasteiger partial charge in [-0.2, -0.15) is 5.10 Å². The predicted molar refractivity (Wildman–Crippen MR) is 108 cm³/mol. The molecule has 150 valence electrons. The zero-order valence-electron chi connectivity index (χ0n) is 15.5. The van der Waals surface area contributed by atoms with Crippen LogP contribution >= 0.6 is 24.0 Å². The molecule has 8 heteroatoms. The zero-order chi connectivity index (χ0) is 18.4. The molecule has 1 N–H and O–H groups in total. The van der Waals surface area contributed by atoms with Crippen LogP contribution in [0.3, 0.4) is 0 Å². The largest absolute Gasteiger partial charge is 0.389 e. The van der Waals surface area contributed by atoms with Gasteiger partial charge in [-0.25, -0.2) is 0 Å². The molecule has 6 nitrogen and oxygen atoms in total. The third-order valence-electron chi connectivity index (χ3n) is 4.34. The van der Waals surface area contributed by atoms with Crippen molar-refractivity contribution < 1.29 is 14.6 Å². The van der Waals surface area contributed by atoms with Crippen LogP contribution in [-0.4, -0.2) is 64.8 Å². The third kappa shape index (κ3) is 7.41. The Labute approximate surface area is 171 Å². The fourth-order valence-corrected chi connectivity index (χ4v) is 3.20. The van der Waals surface area contributed by atoms with Gasteiger partial charge in [-0.05, 0) is 30.2 Å². The standard InChI is InChI=1S/C19H26ClN3O3.ClH/c1-15-8-21-23(9-15)12-19-11-22(6-7-26-19)10-18(24)14-25-13-16-2-4-17(20)5-3-16;/h2-5,8-9,18-19,24H,6-7,10-14H2,1H3;1H. The number of morpholine rings is 1. The first-order valence-corrected chi connectivity index (χ1v) is 9.29. The van der Waals surface area contributed by atoms with Crippen LogP contribution in [0.5, 0.6) is 0 Å². The highest BCUT2D eigenvalue weighted by atomic mass is 35.5. The summed E-state index contributed by atoms with van der Waals surface area (Å²) in [5, 5.41) is 15.3. The summed E-state index contributed by atoms with van der Waals surface area (Å²) in [5.74, 6) is 0. The van der Waals surface area contributed by atoms with Gasteiger partial charge in [-0.15, -0.1) is 12.4 Å². The first kappa shape index (κ1) is 22.1. The summed E-state index contributed by atoms with van der Waals surface area (Å²) in [4.78, 5) is 2.22. The molecule has 1 fully saturated rings. The van der Waals surface area contributed by atoms with Gasteiger partial charge in [0.15, 0.2) is 0 Å². The van der Waals surface area contributed by atoms with E-state index in [0.29, 0.717) is 31.4 Å². The van der Waals surface area contributed by atoms with Crippen LogP contribution in [0.4, 0.5) is 0 Å². The molecule has 0 bridgehead atoms. The highest BCUT2D eigenvalue weighted by molar-refractivity contribution is 6.30. The Morgan fingerprint density at radius 3 is 2.85 bits per heavy atom. The molecule has 1 aromatic carbocycles. The van der Waals surface area contributed by atoms with E-state index in [0.717, 1.165) is 30.8 Å². The molecule has 3 rings (SSSR count). The predicted octanol–water partition coefficient (Wildman–Crippen LogP) is 2.55. The highest BCUT2D eigenvalue weighted by Gasteiger charge is 2.23. The lowest BCUT2D eigenvalue weighted by Gasteiger charge is -2.34. The lowest BCUT2D eigenvalue weighted by atomic mass is 10.2. The van der Waals surface area contributed by atoms with Crippen LogP contribution in [0, 0.1) is 6.92 Å². The lowest BCUT2D eigenvalue weighted by molar-refractivity contribution is -0.0583. The van der Waals surface area contributed by atoms with Gasteiger partial charge in [0.05, 0.1) is 44.8 Å². The number of halogens is 2. The summed E-state index contributed by atoms with van der Waals surface area (Å²) in [7, 11) is 0. The number of hydrogen-bond donors (Lipinski definition) is 1.